The zero-order valence-corrected chi connectivity index (χ0v) is 17.6. The lowest BCUT2D eigenvalue weighted by atomic mass is 9.92. The molecule has 2 atom stereocenters. The zero-order chi connectivity index (χ0) is 22.8. The van der Waals surface area contributed by atoms with Crippen LogP contribution >= 0.6 is 11.6 Å². The second kappa shape index (κ2) is 9.18. The number of hydrogen-bond donors (Lipinski definition) is 2. The number of amides is 1. The number of halogens is 3. The van der Waals surface area contributed by atoms with E-state index in [0.717, 1.165) is 29.7 Å². The van der Waals surface area contributed by atoms with Crippen LogP contribution in [0.15, 0.2) is 53.3 Å². The molecule has 1 aromatic heterocycles. The summed E-state index contributed by atoms with van der Waals surface area (Å²) in [5.74, 6) is -1.97. The Hall–Kier alpha value is -3.10. The molecule has 1 heterocycles. The number of carbonyl (C=O) groups is 1. The Morgan fingerprint density at radius 1 is 1.12 bits per heavy atom. The highest BCUT2D eigenvalue weighted by Crippen LogP contribution is 2.24. The summed E-state index contributed by atoms with van der Waals surface area (Å²) in [6.07, 6.45) is 2.16. The molecular formula is C23H20ClF2N3O3. The predicted molar refractivity (Wildman–Crippen MR) is 116 cm³/mol. The topological polar surface area (TPSA) is 84.2 Å². The molecule has 32 heavy (non-hydrogen) atoms. The van der Waals surface area contributed by atoms with Crippen LogP contribution in [-0.2, 0) is 0 Å². The van der Waals surface area contributed by atoms with Gasteiger partial charge in [-0.3, -0.25) is 9.59 Å². The molecule has 1 aliphatic rings. The number of aliphatic hydroxyl groups excluding tert-OH is 1. The summed E-state index contributed by atoms with van der Waals surface area (Å²) < 4.78 is 28.7. The van der Waals surface area contributed by atoms with Crippen molar-refractivity contribution in [2.45, 2.75) is 37.8 Å². The number of aromatic nitrogens is 2. The number of hydrogen-bond acceptors (Lipinski definition) is 4. The lowest BCUT2D eigenvalue weighted by Crippen LogP contribution is -2.46. The van der Waals surface area contributed by atoms with Gasteiger partial charge in [0.2, 0.25) is 0 Å². The monoisotopic (exact) mass is 459 g/mol. The maximum absolute atomic E-state index is 14.0. The standard InChI is InChI=1S/C23H20ClF2N3O3/c24-17-9-8-13(10-18(17)26)20-12-16(22(31)27-19-6-1-2-7-21(19)30)23(32)29(28-20)15-5-3-4-14(25)11-15/h3-5,8-12,19,21,30H,1-2,6-7H2,(H,27,31)/t19-,21+/m0/s1. The van der Waals surface area contributed by atoms with Crippen LogP contribution in [0.1, 0.15) is 36.0 Å². The highest BCUT2D eigenvalue weighted by Gasteiger charge is 2.27. The van der Waals surface area contributed by atoms with Crippen molar-refractivity contribution in [2.75, 3.05) is 0 Å². The van der Waals surface area contributed by atoms with Crippen LogP contribution in [0.4, 0.5) is 8.78 Å². The van der Waals surface area contributed by atoms with Crippen molar-refractivity contribution >= 4 is 17.5 Å². The van der Waals surface area contributed by atoms with E-state index in [1.54, 1.807) is 0 Å². The molecule has 4 rings (SSSR count). The minimum absolute atomic E-state index is 0.0866. The lowest BCUT2D eigenvalue weighted by Gasteiger charge is -2.28. The third kappa shape index (κ3) is 4.56. The molecule has 3 aromatic rings. The second-order valence-electron chi connectivity index (χ2n) is 7.70. The van der Waals surface area contributed by atoms with Crippen LogP contribution in [0.25, 0.3) is 16.9 Å². The predicted octanol–water partition coefficient (Wildman–Crippen LogP) is 3.86. The van der Waals surface area contributed by atoms with Gasteiger partial charge in [0.25, 0.3) is 11.5 Å². The van der Waals surface area contributed by atoms with Crippen LogP contribution in [0.5, 0.6) is 0 Å². The van der Waals surface area contributed by atoms with E-state index >= 15 is 0 Å². The Labute approximate surface area is 187 Å². The highest BCUT2D eigenvalue weighted by molar-refractivity contribution is 6.30. The van der Waals surface area contributed by atoms with E-state index in [4.69, 9.17) is 11.6 Å². The summed E-state index contributed by atoms with van der Waals surface area (Å²) in [6, 6.07) is 9.94. The van der Waals surface area contributed by atoms with E-state index in [0.29, 0.717) is 12.8 Å². The highest BCUT2D eigenvalue weighted by atomic mass is 35.5. The first-order valence-corrected chi connectivity index (χ1v) is 10.6. The molecule has 0 spiro atoms. The van der Waals surface area contributed by atoms with Gasteiger partial charge in [-0.25, -0.2) is 8.78 Å². The fraction of sp³-hybridized carbons (Fsp3) is 0.261. The van der Waals surface area contributed by atoms with E-state index in [1.165, 1.54) is 36.4 Å². The number of aliphatic hydroxyl groups is 1. The molecule has 2 N–H and O–H groups in total. The maximum atomic E-state index is 14.0. The first-order valence-electron chi connectivity index (χ1n) is 10.2. The molecule has 0 aliphatic heterocycles. The molecule has 166 valence electrons. The van der Waals surface area contributed by atoms with E-state index in [1.807, 2.05) is 0 Å². The van der Waals surface area contributed by atoms with E-state index < -0.39 is 35.2 Å². The maximum Gasteiger partial charge on any atom is 0.284 e. The van der Waals surface area contributed by atoms with Gasteiger partial charge in [-0.15, -0.1) is 0 Å². The minimum Gasteiger partial charge on any atom is -0.391 e. The Balaban J connectivity index is 1.82. The van der Waals surface area contributed by atoms with Crippen LogP contribution in [0, 0.1) is 11.6 Å². The third-order valence-electron chi connectivity index (χ3n) is 5.47. The van der Waals surface area contributed by atoms with Crippen molar-refractivity contribution < 1.29 is 18.7 Å². The smallest absolute Gasteiger partial charge is 0.284 e. The molecule has 0 unspecified atom stereocenters. The molecule has 0 saturated heterocycles. The Morgan fingerprint density at radius 3 is 2.62 bits per heavy atom. The fourth-order valence-electron chi connectivity index (χ4n) is 3.76. The zero-order valence-electron chi connectivity index (χ0n) is 16.9. The van der Waals surface area contributed by atoms with Gasteiger partial charge in [-0.2, -0.15) is 9.78 Å². The van der Waals surface area contributed by atoms with E-state index in [2.05, 4.69) is 10.4 Å². The Bertz CT molecular complexity index is 1230. The van der Waals surface area contributed by atoms with Crippen LogP contribution in [-0.4, -0.2) is 32.9 Å². The lowest BCUT2D eigenvalue weighted by molar-refractivity contribution is 0.0716. The molecular weight excluding hydrogens is 440 g/mol. The van der Waals surface area contributed by atoms with Crippen molar-refractivity contribution in [1.82, 2.24) is 15.1 Å². The molecule has 1 amide bonds. The third-order valence-corrected chi connectivity index (χ3v) is 5.78. The molecule has 0 radical (unpaired) electrons. The summed E-state index contributed by atoms with van der Waals surface area (Å²) in [7, 11) is 0. The summed E-state index contributed by atoms with van der Waals surface area (Å²) >= 11 is 5.76. The fourth-order valence-corrected chi connectivity index (χ4v) is 3.88. The molecule has 1 aliphatic carbocycles. The van der Waals surface area contributed by atoms with Gasteiger partial charge in [0, 0.05) is 5.56 Å². The van der Waals surface area contributed by atoms with Crippen molar-refractivity contribution in [1.29, 1.82) is 0 Å². The number of nitrogens with one attached hydrogen (secondary N) is 1. The number of benzene rings is 2. The van der Waals surface area contributed by atoms with Crippen molar-refractivity contribution in [2.24, 2.45) is 0 Å². The average Bonchev–Trinajstić information content (AvgIpc) is 2.77. The number of carbonyl (C=O) groups excluding carboxylic acids is 1. The van der Waals surface area contributed by atoms with Crippen LogP contribution < -0.4 is 10.9 Å². The number of rotatable bonds is 4. The summed E-state index contributed by atoms with van der Waals surface area (Å²) in [6.45, 7) is 0. The van der Waals surface area contributed by atoms with E-state index in [9.17, 15) is 23.5 Å². The number of nitrogens with zero attached hydrogens (tertiary/aromatic N) is 2. The van der Waals surface area contributed by atoms with Gasteiger partial charge < -0.3 is 10.4 Å². The van der Waals surface area contributed by atoms with Crippen molar-refractivity contribution in [3.8, 4) is 16.9 Å². The van der Waals surface area contributed by atoms with Gasteiger partial charge in [0.1, 0.15) is 17.2 Å². The summed E-state index contributed by atoms with van der Waals surface area (Å²) in [5, 5.41) is 17.0. The normalized spacial score (nSPS) is 18.4. The van der Waals surface area contributed by atoms with Crippen molar-refractivity contribution in [3.05, 3.63) is 81.1 Å². The van der Waals surface area contributed by atoms with Gasteiger partial charge in [0.05, 0.1) is 28.5 Å². The molecule has 9 heteroatoms. The SMILES string of the molecule is O=C(N[C@H]1CCCC[C@H]1O)c1cc(-c2ccc(Cl)c(F)c2)nn(-c2cccc(F)c2)c1=O. The second-order valence-corrected chi connectivity index (χ2v) is 8.11. The van der Waals surface area contributed by atoms with Crippen molar-refractivity contribution in [3.63, 3.8) is 0 Å². The molecule has 0 bridgehead atoms. The quantitative estimate of drug-likeness (QED) is 0.620. The largest absolute Gasteiger partial charge is 0.391 e. The Morgan fingerprint density at radius 2 is 1.91 bits per heavy atom. The van der Waals surface area contributed by atoms with E-state index in [-0.39, 0.29) is 27.5 Å². The molecule has 6 nitrogen and oxygen atoms in total. The van der Waals surface area contributed by atoms with Crippen LogP contribution in [0.3, 0.4) is 0 Å². The molecule has 1 saturated carbocycles. The van der Waals surface area contributed by atoms with Gasteiger partial charge in [-0.1, -0.05) is 36.6 Å². The minimum atomic E-state index is -0.767. The first kappa shape index (κ1) is 22.1. The van der Waals surface area contributed by atoms with Gasteiger partial charge >= 0.3 is 0 Å². The summed E-state index contributed by atoms with van der Waals surface area (Å²) in [5.41, 5.74) is -0.510. The van der Waals surface area contributed by atoms with Gasteiger partial charge in [-0.05, 0) is 49.2 Å². The molecule has 1 fully saturated rings. The van der Waals surface area contributed by atoms with Crippen LogP contribution in [0.2, 0.25) is 5.02 Å². The summed E-state index contributed by atoms with van der Waals surface area (Å²) in [4.78, 5) is 26.1. The molecule has 2 aromatic carbocycles. The first-order chi connectivity index (χ1) is 15.3. The Kier molecular flexibility index (Phi) is 6.34. The van der Waals surface area contributed by atoms with Gasteiger partial charge in [0.15, 0.2) is 0 Å². The average molecular weight is 460 g/mol.